The van der Waals surface area contributed by atoms with Crippen LogP contribution in [0, 0.1) is 11.7 Å². The predicted octanol–water partition coefficient (Wildman–Crippen LogP) is 2.88. The van der Waals surface area contributed by atoms with Crippen LogP contribution in [0.5, 0.6) is 0 Å². The highest BCUT2D eigenvalue weighted by Crippen LogP contribution is 2.35. The van der Waals surface area contributed by atoms with Gasteiger partial charge in [0.2, 0.25) is 12.0 Å². The highest BCUT2D eigenvalue weighted by molar-refractivity contribution is 9.10. The number of hydrogen-bond acceptors (Lipinski definition) is 4. The maximum atomic E-state index is 13.4. The average Bonchev–Trinajstić information content (AvgIpc) is 3.09. The van der Waals surface area contributed by atoms with Crippen molar-refractivity contribution >= 4 is 39.1 Å². The summed E-state index contributed by atoms with van der Waals surface area (Å²) in [5.41, 5.74) is 1.30. The molecular formula is C17H10BrFN2O3. The Morgan fingerprint density at radius 3 is 2.54 bits per heavy atom. The largest absolute Gasteiger partial charge is 0.381 e. The Labute approximate surface area is 144 Å². The Kier molecular flexibility index (Phi) is 3.45. The molecule has 0 unspecified atom stereocenters. The highest BCUT2D eigenvalue weighted by atomic mass is 79.9. The second-order valence-electron chi connectivity index (χ2n) is 5.48. The van der Waals surface area contributed by atoms with E-state index in [9.17, 15) is 14.0 Å². The summed E-state index contributed by atoms with van der Waals surface area (Å²) < 4.78 is 14.3. The number of carbonyl (C=O) groups excluding carboxylic acids is 2. The quantitative estimate of drug-likeness (QED) is 0.743. The lowest BCUT2D eigenvalue weighted by Gasteiger charge is -2.15. The predicted molar refractivity (Wildman–Crippen MR) is 87.9 cm³/mol. The normalized spacial score (nSPS) is 22.4. The lowest BCUT2D eigenvalue weighted by atomic mass is 9.94. The number of hydrogen-bond donors (Lipinski definition) is 0. The van der Waals surface area contributed by atoms with E-state index in [1.54, 1.807) is 12.1 Å². The van der Waals surface area contributed by atoms with Gasteiger partial charge in [0, 0.05) is 10.0 Å². The molecule has 2 aliphatic rings. The van der Waals surface area contributed by atoms with Crippen LogP contribution in [0.3, 0.4) is 0 Å². The molecule has 5 nitrogen and oxygen atoms in total. The number of anilines is 1. The zero-order valence-electron chi connectivity index (χ0n) is 12.1. The summed E-state index contributed by atoms with van der Waals surface area (Å²) in [6, 6.07) is 12.6. The van der Waals surface area contributed by atoms with Gasteiger partial charge in [0.1, 0.15) is 17.4 Å². The summed E-state index contributed by atoms with van der Waals surface area (Å²) in [6.45, 7) is 0. The lowest BCUT2D eigenvalue weighted by molar-refractivity contribution is -0.126. The molecule has 2 atom stereocenters. The zero-order chi connectivity index (χ0) is 16.8. The van der Waals surface area contributed by atoms with Crippen molar-refractivity contribution in [2.75, 3.05) is 4.90 Å². The fourth-order valence-electron chi connectivity index (χ4n) is 2.91. The van der Waals surface area contributed by atoms with Gasteiger partial charge in [0.25, 0.3) is 5.91 Å². The molecule has 120 valence electrons. The molecule has 0 spiro atoms. The molecule has 0 radical (unpaired) electrons. The van der Waals surface area contributed by atoms with Gasteiger partial charge in [-0.15, -0.1) is 0 Å². The summed E-state index contributed by atoms with van der Waals surface area (Å²) in [5, 5.41) is 3.93. The van der Waals surface area contributed by atoms with E-state index in [0.29, 0.717) is 11.3 Å². The van der Waals surface area contributed by atoms with Crippen LogP contribution in [-0.4, -0.2) is 23.6 Å². The number of oxime groups is 1. The third-order valence-electron chi connectivity index (χ3n) is 4.02. The minimum absolute atomic E-state index is 0.193. The van der Waals surface area contributed by atoms with Crippen LogP contribution in [0.25, 0.3) is 0 Å². The van der Waals surface area contributed by atoms with Gasteiger partial charge in [-0.3, -0.25) is 9.59 Å². The number of fused-ring (bicyclic) bond motifs is 1. The number of benzene rings is 2. The first-order valence-corrected chi connectivity index (χ1v) is 7.98. The van der Waals surface area contributed by atoms with E-state index in [1.807, 2.05) is 12.1 Å². The SMILES string of the molecule is O=C1[C@H]2C(c3ccc(Br)cc3)=NO[C@H]2C(=O)N1c1cccc(F)c1. The average molecular weight is 389 g/mol. The van der Waals surface area contributed by atoms with Crippen LogP contribution < -0.4 is 4.90 Å². The van der Waals surface area contributed by atoms with Crippen LogP contribution in [-0.2, 0) is 14.4 Å². The molecule has 24 heavy (non-hydrogen) atoms. The molecule has 0 saturated carbocycles. The van der Waals surface area contributed by atoms with Gasteiger partial charge in [-0.1, -0.05) is 39.3 Å². The fraction of sp³-hybridized carbons (Fsp3) is 0.118. The maximum Gasteiger partial charge on any atom is 0.278 e. The van der Waals surface area contributed by atoms with Gasteiger partial charge >= 0.3 is 0 Å². The van der Waals surface area contributed by atoms with Crippen LogP contribution in [0.2, 0.25) is 0 Å². The van der Waals surface area contributed by atoms with E-state index >= 15 is 0 Å². The first-order chi connectivity index (χ1) is 11.6. The third kappa shape index (κ3) is 2.24. The van der Waals surface area contributed by atoms with Crippen LogP contribution in [0.15, 0.2) is 58.2 Å². The van der Waals surface area contributed by atoms with Gasteiger partial charge in [0.05, 0.1) is 5.69 Å². The van der Waals surface area contributed by atoms with Crippen molar-refractivity contribution in [2.45, 2.75) is 6.10 Å². The van der Waals surface area contributed by atoms with E-state index in [4.69, 9.17) is 4.84 Å². The minimum atomic E-state index is -1.00. The topological polar surface area (TPSA) is 59.0 Å². The number of amides is 2. The summed E-state index contributed by atoms with van der Waals surface area (Å²) in [6.07, 6.45) is -1.00. The van der Waals surface area contributed by atoms with Crippen molar-refractivity contribution in [3.8, 4) is 0 Å². The second kappa shape index (κ2) is 5.52. The number of rotatable bonds is 2. The molecule has 2 aromatic rings. The van der Waals surface area contributed by atoms with Gasteiger partial charge < -0.3 is 4.84 Å². The Hall–Kier alpha value is -2.54. The monoisotopic (exact) mass is 388 g/mol. The van der Waals surface area contributed by atoms with Crippen molar-refractivity contribution in [3.05, 3.63) is 64.4 Å². The highest BCUT2D eigenvalue weighted by Gasteiger charge is 2.56. The van der Waals surface area contributed by atoms with Gasteiger partial charge in [-0.05, 0) is 30.3 Å². The van der Waals surface area contributed by atoms with Crippen molar-refractivity contribution in [1.82, 2.24) is 0 Å². The summed E-state index contributed by atoms with van der Waals surface area (Å²) in [4.78, 5) is 31.5. The zero-order valence-corrected chi connectivity index (χ0v) is 13.7. The smallest absolute Gasteiger partial charge is 0.278 e. The molecule has 2 amide bonds. The van der Waals surface area contributed by atoms with Crippen LogP contribution >= 0.6 is 15.9 Å². The molecule has 0 aliphatic carbocycles. The van der Waals surface area contributed by atoms with Crippen molar-refractivity contribution in [1.29, 1.82) is 0 Å². The molecule has 4 rings (SSSR count). The Bertz CT molecular complexity index is 882. The van der Waals surface area contributed by atoms with E-state index in [-0.39, 0.29) is 5.69 Å². The number of nitrogens with zero attached hydrogens (tertiary/aromatic N) is 2. The van der Waals surface area contributed by atoms with Crippen LogP contribution in [0.4, 0.5) is 10.1 Å². The van der Waals surface area contributed by atoms with Crippen molar-refractivity contribution in [3.63, 3.8) is 0 Å². The van der Waals surface area contributed by atoms with E-state index in [1.165, 1.54) is 18.2 Å². The molecule has 1 fully saturated rings. The number of carbonyl (C=O) groups is 2. The molecule has 2 aromatic carbocycles. The Morgan fingerprint density at radius 2 is 1.83 bits per heavy atom. The summed E-state index contributed by atoms with van der Waals surface area (Å²) >= 11 is 3.34. The van der Waals surface area contributed by atoms with E-state index in [0.717, 1.165) is 15.4 Å². The second-order valence-corrected chi connectivity index (χ2v) is 6.39. The standard InChI is InChI=1S/C17H10BrFN2O3/c18-10-6-4-9(5-7-10)14-13-15(24-20-14)17(23)21(16(13)22)12-3-1-2-11(19)8-12/h1-8,13,15H/t13-,15+/m0/s1. The molecule has 7 heteroatoms. The van der Waals surface area contributed by atoms with Gasteiger partial charge in [0.15, 0.2) is 0 Å². The fourth-order valence-corrected chi connectivity index (χ4v) is 3.17. The molecule has 0 aromatic heterocycles. The molecule has 2 aliphatic heterocycles. The maximum absolute atomic E-state index is 13.4. The minimum Gasteiger partial charge on any atom is -0.381 e. The first-order valence-electron chi connectivity index (χ1n) is 7.19. The third-order valence-corrected chi connectivity index (χ3v) is 4.55. The first kappa shape index (κ1) is 15.0. The Morgan fingerprint density at radius 1 is 1.08 bits per heavy atom. The molecule has 1 saturated heterocycles. The number of imide groups is 1. The molecule has 0 N–H and O–H groups in total. The lowest BCUT2D eigenvalue weighted by Crippen LogP contribution is -2.33. The molecule has 0 bridgehead atoms. The van der Waals surface area contributed by atoms with E-state index in [2.05, 4.69) is 21.1 Å². The number of halogens is 2. The van der Waals surface area contributed by atoms with Crippen molar-refractivity contribution < 1.29 is 18.8 Å². The van der Waals surface area contributed by atoms with E-state index < -0.39 is 29.7 Å². The Balaban J connectivity index is 1.71. The summed E-state index contributed by atoms with van der Waals surface area (Å²) in [7, 11) is 0. The van der Waals surface area contributed by atoms with Crippen LogP contribution in [0.1, 0.15) is 5.56 Å². The van der Waals surface area contributed by atoms with Gasteiger partial charge in [-0.2, -0.15) is 0 Å². The van der Waals surface area contributed by atoms with Crippen molar-refractivity contribution in [2.24, 2.45) is 11.1 Å². The van der Waals surface area contributed by atoms with Gasteiger partial charge in [-0.25, -0.2) is 9.29 Å². The molecule has 2 heterocycles. The summed E-state index contributed by atoms with van der Waals surface area (Å²) in [5.74, 6) is -2.34. The molecular weight excluding hydrogens is 379 g/mol.